The molecular weight excluding hydrogens is 435 g/mol. The van der Waals surface area contributed by atoms with Crippen LogP contribution in [-0.2, 0) is 25.4 Å². The van der Waals surface area contributed by atoms with Gasteiger partial charge in [0.05, 0.1) is 18.0 Å². The minimum atomic E-state index is -4.63. The Labute approximate surface area is 180 Å². The molecule has 3 N–H and O–H groups in total. The predicted molar refractivity (Wildman–Crippen MR) is 103 cm³/mol. The van der Waals surface area contributed by atoms with Crippen molar-refractivity contribution in [2.45, 2.75) is 50.5 Å². The van der Waals surface area contributed by atoms with Crippen molar-refractivity contribution in [2.24, 2.45) is 0 Å². The lowest BCUT2D eigenvalue weighted by atomic mass is 10.1. The summed E-state index contributed by atoms with van der Waals surface area (Å²) in [6.07, 6.45) is -4.23. The minimum Gasteiger partial charge on any atom is -0.481 e. The second kappa shape index (κ2) is 10.2. The number of aldehydes is 1. The molecule has 1 heterocycles. The first-order valence-corrected chi connectivity index (χ1v) is 9.70. The highest BCUT2D eigenvalue weighted by Crippen LogP contribution is 2.29. The summed E-state index contributed by atoms with van der Waals surface area (Å²) in [6.45, 7) is 1.52. The van der Waals surface area contributed by atoms with Gasteiger partial charge in [-0.2, -0.15) is 13.2 Å². The van der Waals surface area contributed by atoms with Gasteiger partial charge in [-0.15, -0.1) is 0 Å². The monoisotopic (exact) mass is 457 g/mol. The second-order valence-corrected chi connectivity index (χ2v) is 7.31. The molecule has 1 aromatic rings. The van der Waals surface area contributed by atoms with Crippen LogP contribution in [0.4, 0.5) is 13.2 Å². The van der Waals surface area contributed by atoms with Crippen molar-refractivity contribution in [1.82, 2.24) is 15.5 Å². The number of rotatable bonds is 8. The summed E-state index contributed by atoms with van der Waals surface area (Å²) in [5.74, 6) is -3.51. The van der Waals surface area contributed by atoms with Crippen molar-refractivity contribution >= 4 is 30.0 Å². The van der Waals surface area contributed by atoms with Gasteiger partial charge in [0.1, 0.15) is 18.4 Å². The summed E-state index contributed by atoms with van der Waals surface area (Å²) in [5, 5.41) is 13.4. The molecule has 0 bridgehead atoms. The van der Waals surface area contributed by atoms with Gasteiger partial charge in [0.25, 0.3) is 5.91 Å². The van der Waals surface area contributed by atoms with Crippen molar-refractivity contribution in [3.05, 3.63) is 35.4 Å². The van der Waals surface area contributed by atoms with Gasteiger partial charge >= 0.3 is 12.1 Å². The number of hydrogen-bond donors (Lipinski definition) is 3. The topological polar surface area (TPSA) is 133 Å². The zero-order valence-corrected chi connectivity index (χ0v) is 17.0. The molecule has 32 heavy (non-hydrogen) atoms. The molecule has 1 saturated heterocycles. The molecule has 1 fully saturated rings. The van der Waals surface area contributed by atoms with E-state index in [4.69, 9.17) is 5.11 Å². The number of halogens is 3. The number of carbonyl (C=O) groups excluding carboxylic acids is 4. The molecule has 1 aliphatic rings. The van der Waals surface area contributed by atoms with E-state index in [0.717, 1.165) is 12.1 Å². The molecule has 174 valence electrons. The molecule has 3 atom stereocenters. The molecule has 1 aromatic carbocycles. The molecular formula is C20H22F3N3O6. The Morgan fingerprint density at radius 2 is 1.94 bits per heavy atom. The predicted octanol–water partition coefficient (Wildman–Crippen LogP) is 0.973. The van der Waals surface area contributed by atoms with E-state index in [-0.39, 0.29) is 24.8 Å². The van der Waals surface area contributed by atoms with Crippen LogP contribution in [0.25, 0.3) is 0 Å². The van der Waals surface area contributed by atoms with E-state index in [9.17, 15) is 37.1 Å². The number of alkyl halides is 3. The summed E-state index contributed by atoms with van der Waals surface area (Å²) >= 11 is 0. The van der Waals surface area contributed by atoms with Gasteiger partial charge in [0.2, 0.25) is 11.8 Å². The lowest BCUT2D eigenvalue weighted by molar-refractivity contribution is -0.141. The molecule has 0 spiro atoms. The highest BCUT2D eigenvalue weighted by Gasteiger charge is 2.37. The highest BCUT2D eigenvalue weighted by molar-refractivity contribution is 5.98. The van der Waals surface area contributed by atoms with Crippen molar-refractivity contribution in [1.29, 1.82) is 0 Å². The molecule has 1 aliphatic heterocycles. The fraction of sp³-hybridized carbons (Fsp3) is 0.450. The highest BCUT2D eigenvalue weighted by atomic mass is 19.4. The standard InChI is InChI=1S/C20H22F3N3O6/c1-11(24-17(30)12-4-2-5-13(8-12)20(21,22)23)19(32)26-7-3-6-15(26)18(31)25-14(10-27)9-16(28)29/h2,4-5,8,10-11,14-15H,3,6-7,9H2,1H3,(H,24,30)(H,25,31)(H,28,29)/t11?,14?,15-/m0/s1. The van der Waals surface area contributed by atoms with Crippen LogP contribution in [0.1, 0.15) is 42.1 Å². The van der Waals surface area contributed by atoms with Gasteiger partial charge in [-0.25, -0.2) is 0 Å². The molecule has 0 radical (unpaired) electrons. The van der Waals surface area contributed by atoms with Gasteiger partial charge in [-0.1, -0.05) is 6.07 Å². The fourth-order valence-electron chi connectivity index (χ4n) is 3.33. The second-order valence-electron chi connectivity index (χ2n) is 7.31. The Bertz CT molecular complexity index is 905. The number of benzene rings is 1. The molecule has 2 rings (SSSR count). The molecule has 0 aliphatic carbocycles. The number of nitrogens with zero attached hydrogens (tertiary/aromatic N) is 1. The quantitative estimate of drug-likeness (QED) is 0.499. The fourth-order valence-corrected chi connectivity index (χ4v) is 3.33. The third-order valence-corrected chi connectivity index (χ3v) is 4.90. The van der Waals surface area contributed by atoms with Crippen molar-refractivity contribution in [3.63, 3.8) is 0 Å². The van der Waals surface area contributed by atoms with E-state index >= 15 is 0 Å². The van der Waals surface area contributed by atoms with E-state index in [0.29, 0.717) is 12.5 Å². The number of carboxylic acid groups (broad SMARTS) is 1. The molecule has 0 aromatic heterocycles. The zero-order chi connectivity index (χ0) is 24.1. The maximum absolute atomic E-state index is 12.8. The van der Waals surface area contributed by atoms with Crippen LogP contribution in [-0.4, -0.2) is 64.7 Å². The van der Waals surface area contributed by atoms with Crippen LogP contribution in [0.3, 0.4) is 0 Å². The van der Waals surface area contributed by atoms with Crippen molar-refractivity contribution in [3.8, 4) is 0 Å². The molecule has 9 nitrogen and oxygen atoms in total. The van der Waals surface area contributed by atoms with Crippen LogP contribution in [0.15, 0.2) is 24.3 Å². The van der Waals surface area contributed by atoms with E-state index < -0.39 is 60.0 Å². The number of carbonyl (C=O) groups is 5. The minimum absolute atomic E-state index is 0.186. The Morgan fingerprint density at radius 3 is 2.53 bits per heavy atom. The van der Waals surface area contributed by atoms with Crippen LogP contribution >= 0.6 is 0 Å². The van der Waals surface area contributed by atoms with Gasteiger partial charge in [-0.3, -0.25) is 19.2 Å². The average molecular weight is 457 g/mol. The third-order valence-electron chi connectivity index (χ3n) is 4.90. The molecule has 0 saturated carbocycles. The van der Waals surface area contributed by atoms with Crippen LogP contribution < -0.4 is 10.6 Å². The van der Waals surface area contributed by atoms with E-state index in [1.807, 2.05) is 0 Å². The smallest absolute Gasteiger partial charge is 0.416 e. The van der Waals surface area contributed by atoms with E-state index in [2.05, 4.69) is 10.6 Å². The van der Waals surface area contributed by atoms with Gasteiger partial charge in [-0.05, 0) is 38.0 Å². The Balaban J connectivity index is 2.04. The summed E-state index contributed by atoms with van der Waals surface area (Å²) in [6, 6.07) is 0.367. The number of aliphatic carboxylic acids is 1. The Morgan fingerprint density at radius 1 is 1.25 bits per heavy atom. The summed E-state index contributed by atoms with van der Waals surface area (Å²) in [7, 11) is 0. The third kappa shape index (κ3) is 6.28. The maximum Gasteiger partial charge on any atom is 0.416 e. The van der Waals surface area contributed by atoms with Crippen LogP contribution in [0.2, 0.25) is 0 Å². The number of carboxylic acids is 1. The number of likely N-dealkylation sites (tertiary alicyclic amines) is 1. The zero-order valence-electron chi connectivity index (χ0n) is 17.0. The van der Waals surface area contributed by atoms with Gasteiger partial charge in [0, 0.05) is 12.1 Å². The maximum atomic E-state index is 12.8. The summed E-state index contributed by atoms with van der Waals surface area (Å²) in [4.78, 5) is 60.5. The lowest BCUT2D eigenvalue weighted by Crippen LogP contribution is -2.54. The number of amides is 3. The van der Waals surface area contributed by atoms with Gasteiger partial charge < -0.3 is 25.4 Å². The lowest BCUT2D eigenvalue weighted by Gasteiger charge is -2.27. The average Bonchev–Trinajstić information content (AvgIpc) is 3.21. The Hall–Kier alpha value is -3.44. The SMILES string of the molecule is CC(NC(=O)c1cccc(C(F)(F)F)c1)C(=O)N1CCC[C@H]1C(=O)NC(C=O)CC(=O)O. The Kier molecular flexibility index (Phi) is 7.95. The molecule has 12 heteroatoms. The first kappa shape index (κ1) is 24.8. The number of nitrogens with one attached hydrogen (secondary N) is 2. The summed E-state index contributed by atoms with van der Waals surface area (Å²) in [5.41, 5.74) is -1.29. The molecule has 3 amide bonds. The van der Waals surface area contributed by atoms with Crippen LogP contribution in [0, 0.1) is 0 Å². The van der Waals surface area contributed by atoms with Crippen molar-refractivity contribution < 1.29 is 42.3 Å². The summed E-state index contributed by atoms with van der Waals surface area (Å²) < 4.78 is 38.5. The molecule has 2 unspecified atom stereocenters. The largest absolute Gasteiger partial charge is 0.481 e. The normalized spacial score (nSPS) is 17.9. The van der Waals surface area contributed by atoms with Gasteiger partial charge in [0.15, 0.2) is 0 Å². The number of hydrogen-bond acceptors (Lipinski definition) is 5. The van der Waals surface area contributed by atoms with E-state index in [1.54, 1.807) is 0 Å². The van der Waals surface area contributed by atoms with Crippen LogP contribution in [0.5, 0.6) is 0 Å². The first-order chi connectivity index (χ1) is 14.9. The van der Waals surface area contributed by atoms with Crippen molar-refractivity contribution in [2.75, 3.05) is 6.54 Å². The van der Waals surface area contributed by atoms with E-state index in [1.165, 1.54) is 17.9 Å². The first-order valence-electron chi connectivity index (χ1n) is 9.70.